The molecule has 0 unspecified atom stereocenters. The number of nitrogens with zero attached hydrogens (tertiary/aromatic N) is 4. The number of rotatable bonds is 8. The maximum atomic E-state index is 14.0. The third kappa shape index (κ3) is 8.88. The van der Waals surface area contributed by atoms with Crippen molar-refractivity contribution >= 4 is 29.6 Å². The van der Waals surface area contributed by atoms with Gasteiger partial charge in [0.15, 0.2) is 6.10 Å². The molecule has 0 aromatic heterocycles. The Morgan fingerprint density at radius 1 is 0.837 bits per heavy atom. The molecule has 2 aromatic carbocycles. The number of phenols is 1. The number of phenolic OH excluding ortho intramolecular Hbond substituents is 1. The van der Waals surface area contributed by atoms with Crippen molar-refractivity contribution < 1.29 is 29.3 Å². The van der Waals surface area contributed by atoms with Crippen LogP contribution in [0.4, 0.5) is 4.79 Å². The molecule has 0 radical (unpaired) electrons. The van der Waals surface area contributed by atoms with E-state index < -0.39 is 18.2 Å². The molecule has 11 heteroatoms. The maximum Gasteiger partial charge on any atom is 0.410 e. The molecule has 6 rings (SSSR count). The summed E-state index contributed by atoms with van der Waals surface area (Å²) in [6, 6.07) is 12.6. The highest BCUT2D eigenvalue weighted by molar-refractivity contribution is 6.32. The number of carbonyl (C=O) groups is 3. The summed E-state index contributed by atoms with van der Waals surface area (Å²) in [4.78, 5) is 47.0. The first-order valence-corrected chi connectivity index (χ1v) is 18.5. The van der Waals surface area contributed by atoms with Gasteiger partial charge in [0.2, 0.25) is 0 Å². The predicted octanol–water partition coefficient (Wildman–Crippen LogP) is 5.00. The van der Waals surface area contributed by atoms with Crippen LogP contribution < -0.4 is 0 Å². The maximum absolute atomic E-state index is 14.0. The highest BCUT2D eigenvalue weighted by Crippen LogP contribution is 2.34. The zero-order valence-corrected chi connectivity index (χ0v) is 29.5. The SMILES string of the molecule is Cc1cc(C[C@@H](OC(=O)N2CCC(N3CCc4ccccc4CC3)CC2)C(=O)N2CCC(C3CCN(CC(=O)O)CC3)CC2)cc(Cl)c1O. The molecule has 3 saturated heterocycles. The summed E-state index contributed by atoms with van der Waals surface area (Å²) in [5, 5.41) is 19.6. The second kappa shape index (κ2) is 16.1. The van der Waals surface area contributed by atoms with Gasteiger partial charge in [0.25, 0.3) is 5.91 Å². The topological polar surface area (TPSA) is 114 Å². The van der Waals surface area contributed by atoms with Crippen LogP contribution in [0.3, 0.4) is 0 Å². The lowest BCUT2D eigenvalue weighted by Crippen LogP contribution is -2.51. The molecule has 2 N–H and O–H groups in total. The quantitative estimate of drug-likeness (QED) is 0.397. The standard InChI is InChI=1S/C38H51ClN4O6/c1-26-22-27(23-33(39)36(26)46)24-34(37(47)42-18-10-31(11-19-42)30-6-14-40(15-7-30)25-35(44)45)49-38(48)43-20-12-32(13-21-43)41-16-8-28-4-2-3-5-29(28)9-17-41/h2-5,22-23,30-32,34,46H,6-21,24-25H2,1H3,(H,44,45)/t34-/m1/s1. The van der Waals surface area contributed by atoms with Crippen molar-refractivity contribution in [2.45, 2.75) is 76.9 Å². The van der Waals surface area contributed by atoms with Crippen LogP contribution in [0, 0.1) is 18.8 Å². The van der Waals surface area contributed by atoms with E-state index in [9.17, 15) is 19.5 Å². The number of amides is 2. The molecule has 0 spiro atoms. The largest absolute Gasteiger partial charge is 0.506 e. The number of carbonyl (C=O) groups excluding carboxylic acids is 2. The van der Waals surface area contributed by atoms with Crippen molar-refractivity contribution in [3.8, 4) is 5.75 Å². The number of hydrogen-bond acceptors (Lipinski definition) is 7. The van der Waals surface area contributed by atoms with Gasteiger partial charge in [0.1, 0.15) is 5.75 Å². The third-order valence-corrected chi connectivity index (χ3v) is 11.7. The molecular formula is C38H51ClN4O6. The van der Waals surface area contributed by atoms with E-state index in [0.717, 1.165) is 83.1 Å². The van der Waals surface area contributed by atoms with Gasteiger partial charge in [-0.15, -0.1) is 0 Å². The summed E-state index contributed by atoms with van der Waals surface area (Å²) in [6.45, 7) is 7.90. The number of benzene rings is 2. The van der Waals surface area contributed by atoms with Gasteiger partial charge in [-0.25, -0.2) is 4.79 Å². The summed E-state index contributed by atoms with van der Waals surface area (Å²) < 4.78 is 6.07. The zero-order valence-electron chi connectivity index (χ0n) is 28.7. The second-order valence-electron chi connectivity index (χ2n) is 14.5. The first kappa shape index (κ1) is 35.5. The molecule has 2 aromatic rings. The summed E-state index contributed by atoms with van der Waals surface area (Å²) >= 11 is 6.30. The number of halogens is 1. The summed E-state index contributed by atoms with van der Waals surface area (Å²) in [7, 11) is 0. The van der Waals surface area contributed by atoms with Crippen molar-refractivity contribution in [1.82, 2.24) is 19.6 Å². The van der Waals surface area contributed by atoms with Crippen molar-refractivity contribution in [3.63, 3.8) is 0 Å². The highest BCUT2D eigenvalue weighted by Gasteiger charge is 2.36. The number of aliphatic carboxylic acids is 1. The number of carboxylic acid groups (broad SMARTS) is 1. The van der Waals surface area contributed by atoms with Gasteiger partial charge in [-0.05, 0) is 112 Å². The molecule has 4 aliphatic rings. The Hall–Kier alpha value is -3.34. The van der Waals surface area contributed by atoms with Gasteiger partial charge in [0, 0.05) is 51.7 Å². The van der Waals surface area contributed by atoms with Crippen LogP contribution in [-0.4, -0.2) is 119 Å². The first-order valence-electron chi connectivity index (χ1n) is 18.1. The van der Waals surface area contributed by atoms with Gasteiger partial charge in [-0.1, -0.05) is 41.9 Å². The Bertz CT molecular complexity index is 1430. The number of hydrogen-bond donors (Lipinski definition) is 2. The predicted molar refractivity (Wildman–Crippen MR) is 188 cm³/mol. The van der Waals surface area contributed by atoms with Crippen LogP contribution in [0.15, 0.2) is 36.4 Å². The van der Waals surface area contributed by atoms with Gasteiger partial charge in [-0.2, -0.15) is 0 Å². The Kier molecular flexibility index (Phi) is 11.7. The molecular weight excluding hydrogens is 644 g/mol. The molecule has 3 fully saturated rings. The Balaban J connectivity index is 1.05. The number of likely N-dealkylation sites (tertiary alicyclic amines) is 3. The van der Waals surface area contributed by atoms with Gasteiger partial charge < -0.3 is 24.7 Å². The minimum absolute atomic E-state index is 0.0114. The van der Waals surface area contributed by atoms with E-state index in [2.05, 4.69) is 29.2 Å². The van der Waals surface area contributed by atoms with Gasteiger partial charge in [-0.3, -0.25) is 19.4 Å². The summed E-state index contributed by atoms with van der Waals surface area (Å²) in [5.74, 6) is 0.0660. The fourth-order valence-corrected chi connectivity index (χ4v) is 8.84. The molecule has 0 aliphatic carbocycles. The average Bonchev–Trinajstić information content (AvgIpc) is 3.33. The zero-order chi connectivity index (χ0) is 34.5. The third-order valence-electron chi connectivity index (χ3n) is 11.5. The summed E-state index contributed by atoms with van der Waals surface area (Å²) in [5.41, 5.74) is 4.22. The Labute approximate surface area is 294 Å². The molecule has 266 valence electrons. The Morgan fingerprint density at radius 2 is 1.41 bits per heavy atom. The van der Waals surface area contributed by atoms with Crippen LogP contribution in [0.5, 0.6) is 5.75 Å². The highest BCUT2D eigenvalue weighted by atomic mass is 35.5. The molecule has 1 atom stereocenters. The molecule has 4 heterocycles. The van der Waals surface area contributed by atoms with E-state index in [1.807, 2.05) is 9.80 Å². The number of carboxylic acids is 1. The minimum atomic E-state index is -0.995. The number of piperidine rings is 3. The number of aromatic hydroxyl groups is 1. The van der Waals surface area contributed by atoms with Crippen molar-refractivity contribution in [2.75, 3.05) is 58.9 Å². The van der Waals surface area contributed by atoms with Crippen molar-refractivity contribution in [2.24, 2.45) is 11.8 Å². The van der Waals surface area contributed by atoms with E-state index >= 15 is 0 Å². The monoisotopic (exact) mass is 694 g/mol. The lowest BCUT2D eigenvalue weighted by atomic mass is 9.78. The minimum Gasteiger partial charge on any atom is -0.506 e. The van der Waals surface area contributed by atoms with E-state index in [1.165, 1.54) is 11.1 Å². The first-order chi connectivity index (χ1) is 23.6. The van der Waals surface area contributed by atoms with Crippen LogP contribution in [0.2, 0.25) is 5.02 Å². The Morgan fingerprint density at radius 3 is 1.98 bits per heavy atom. The van der Waals surface area contributed by atoms with E-state index in [4.69, 9.17) is 21.4 Å². The van der Waals surface area contributed by atoms with Gasteiger partial charge >= 0.3 is 12.1 Å². The fourth-order valence-electron chi connectivity index (χ4n) is 8.55. The average molecular weight is 695 g/mol. The molecule has 4 aliphatic heterocycles. The lowest BCUT2D eigenvalue weighted by Gasteiger charge is -2.41. The molecule has 0 saturated carbocycles. The van der Waals surface area contributed by atoms with Crippen LogP contribution >= 0.6 is 11.6 Å². The van der Waals surface area contributed by atoms with Crippen LogP contribution in [-0.2, 0) is 33.6 Å². The number of fused-ring (bicyclic) bond motifs is 1. The number of aryl methyl sites for hydroxylation is 1. The van der Waals surface area contributed by atoms with Crippen LogP contribution in [0.25, 0.3) is 0 Å². The van der Waals surface area contributed by atoms with Crippen LogP contribution in [0.1, 0.15) is 60.8 Å². The molecule has 0 bridgehead atoms. The fraction of sp³-hybridized carbons (Fsp3) is 0.605. The summed E-state index contributed by atoms with van der Waals surface area (Å²) in [6.07, 6.45) is 6.31. The smallest absolute Gasteiger partial charge is 0.410 e. The molecule has 49 heavy (non-hydrogen) atoms. The second-order valence-corrected chi connectivity index (χ2v) is 14.9. The molecule has 10 nitrogen and oxygen atoms in total. The van der Waals surface area contributed by atoms with Crippen molar-refractivity contribution in [3.05, 3.63) is 63.7 Å². The van der Waals surface area contributed by atoms with E-state index in [-0.39, 0.29) is 29.6 Å². The lowest BCUT2D eigenvalue weighted by molar-refractivity contribution is -0.142. The van der Waals surface area contributed by atoms with E-state index in [1.54, 1.807) is 24.0 Å². The normalized spacial score (nSPS) is 21.2. The van der Waals surface area contributed by atoms with Gasteiger partial charge in [0.05, 0.1) is 11.6 Å². The van der Waals surface area contributed by atoms with Crippen molar-refractivity contribution in [1.29, 1.82) is 0 Å². The van der Waals surface area contributed by atoms with E-state index in [0.29, 0.717) is 49.6 Å². The molecule has 2 amide bonds. The number of ether oxygens (including phenoxy) is 1.